The number of hydrogen-bond acceptors (Lipinski definition) is 2. The van der Waals surface area contributed by atoms with Crippen LogP contribution in [0.4, 0.5) is 14.5 Å². The van der Waals surface area contributed by atoms with E-state index < -0.39 is 17.5 Å². The van der Waals surface area contributed by atoms with Crippen LogP contribution >= 0.6 is 15.9 Å². The number of carbonyl (C=O) groups excluding carboxylic acids is 1. The number of benzene rings is 2. The molecule has 1 amide bonds. The van der Waals surface area contributed by atoms with E-state index in [1.165, 1.54) is 25.3 Å². The van der Waals surface area contributed by atoms with E-state index >= 15 is 0 Å². The number of methoxy groups -OCH3 is 1. The highest BCUT2D eigenvalue weighted by Crippen LogP contribution is 2.25. The van der Waals surface area contributed by atoms with Gasteiger partial charge < -0.3 is 10.1 Å². The molecule has 0 heterocycles. The van der Waals surface area contributed by atoms with Crippen molar-refractivity contribution >= 4 is 27.5 Å². The third-order valence-corrected chi connectivity index (χ3v) is 3.10. The van der Waals surface area contributed by atoms with E-state index in [2.05, 4.69) is 21.2 Å². The molecule has 2 rings (SSSR count). The van der Waals surface area contributed by atoms with Crippen molar-refractivity contribution in [2.75, 3.05) is 12.4 Å². The van der Waals surface area contributed by atoms with E-state index in [9.17, 15) is 13.6 Å². The summed E-state index contributed by atoms with van der Waals surface area (Å²) in [6.45, 7) is 0. The number of rotatable bonds is 3. The molecule has 2 aromatic carbocycles. The minimum atomic E-state index is -1.10. The second-order valence-corrected chi connectivity index (χ2v) is 4.82. The summed E-state index contributed by atoms with van der Waals surface area (Å²) in [5.41, 5.74) is -0.000618. The van der Waals surface area contributed by atoms with Crippen LogP contribution in [0.3, 0.4) is 0 Å². The zero-order valence-corrected chi connectivity index (χ0v) is 12.0. The Morgan fingerprint density at radius 1 is 1.25 bits per heavy atom. The summed E-state index contributed by atoms with van der Waals surface area (Å²) in [5, 5.41) is 2.31. The van der Waals surface area contributed by atoms with E-state index in [0.717, 1.165) is 10.5 Å². The molecule has 0 radical (unpaired) electrons. The monoisotopic (exact) mass is 341 g/mol. The molecule has 2 aromatic rings. The maximum absolute atomic E-state index is 13.5. The van der Waals surface area contributed by atoms with Gasteiger partial charge in [-0.05, 0) is 30.3 Å². The molecule has 1 N–H and O–H groups in total. The van der Waals surface area contributed by atoms with Crippen LogP contribution in [0.5, 0.6) is 5.75 Å². The summed E-state index contributed by atoms with van der Waals surface area (Å²) < 4.78 is 32.4. The molecule has 0 aliphatic heterocycles. The van der Waals surface area contributed by atoms with Crippen molar-refractivity contribution in [3.8, 4) is 5.75 Å². The molecule has 0 aliphatic carbocycles. The topological polar surface area (TPSA) is 38.3 Å². The molecule has 0 atom stereocenters. The third-order valence-electron chi connectivity index (χ3n) is 2.61. The van der Waals surface area contributed by atoms with Gasteiger partial charge in [0.2, 0.25) is 0 Å². The number of hydrogen-bond donors (Lipinski definition) is 1. The van der Waals surface area contributed by atoms with Crippen molar-refractivity contribution in [3.05, 3.63) is 58.1 Å². The highest BCUT2D eigenvalue weighted by Gasteiger charge is 2.15. The van der Waals surface area contributed by atoms with Gasteiger partial charge in [0.05, 0.1) is 18.4 Å². The molecule has 0 saturated carbocycles. The van der Waals surface area contributed by atoms with Gasteiger partial charge in [-0.25, -0.2) is 8.78 Å². The van der Waals surface area contributed by atoms with Crippen LogP contribution < -0.4 is 10.1 Å². The Balaban J connectivity index is 2.31. The lowest BCUT2D eigenvalue weighted by Crippen LogP contribution is -2.14. The van der Waals surface area contributed by atoms with Gasteiger partial charge in [0, 0.05) is 4.47 Å². The van der Waals surface area contributed by atoms with Crippen molar-refractivity contribution in [1.82, 2.24) is 0 Å². The number of anilines is 1. The number of carbonyl (C=O) groups is 1. The van der Waals surface area contributed by atoms with Gasteiger partial charge in [-0.2, -0.15) is 0 Å². The van der Waals surface area contributed by atoms with Gasteiger partial charge in [-0.3, -0.25) is 4.79 Å². The first-order valence-electron chi connectivity index (χ1n) is 5.62. The van der Waals surface area contributed by atoms with E-state index in [-0.39, 0.29) is 11.3 Å². The molecule has 0 aromatic heterocycles. The molecular weight excluding hydrogens is 332 g/mol. The normalized spacial score (nSPS) is 10.2. The largest absolute Gasteiger partial charge is 0.496 e. The molecule has 0 fully saturated rings. The SMILES string of the molecule is COc1cc(Br)ccc1C(=O)Nc1cccc(F)c1F. The average Bonchev–Trinajstić information content (AvgIpc) is 2.43. The number of halogens is 3. The average molecular weight is 342 g/mol. The number of nitrogens with one attached hydrogen (secondary N) is 1. The summed E-state index contributed by atoms with van der Waals surface area (Å²) in [5.74, 6) is -2.38. The first-order valence-corrected chi connectivity index (χ1v) is 6.41. The summed E-state index contributed by atoms with van der Waals surface area (Å²) >= 11 is 3.25. The van der Waals surface area contributed by atoms with E-state index in [0.29, 0.717) is 5.75 Å². The Bertz CT molecular complexity index is 662. The van der Waals surface area contributed by atoms with Crippen molar-refractivity contribution in [3.63, 3.8) is 0 Å². The van der Waals surface area contributed by atoms with E-state index in [1.54, 1.807) is 12.1 Å². The highest BCUT2D eigenvalue weighted by atomic mass is 79.9. The van der Waals surface area contributed by atoms with Crippen molar-refractivity contribution in [2.24, 2.45) is 0 Å². The molecule has 20 heavy (non-hydrogen) atoms. The summed E-state index contributed by atoms with van der Waals surface area (Å²) in [7, 11) is 1.42. The lowest BCUT2D eigenvalue weighted by atomic mass is 10.2. The minimum absolute atomic E-state index is 0.222. The first kappa shape index (κ1) is 14.5. The molecule has 0 unspecified atom stereocenters. The lowest BCUT2D eigenvalue weighted by molar-refractivity contribution is 0.102. The van der Waals surface area contributed by atoms with Gasteiger partial charge in [0.25, 0.3) is 5.91 Å². The summed E-state index contributed by atoms with van der Waals surface area (Å²) in [6.07, 6.45) is 0. The fourth-order valence-electron chi connectivity index (χ4n) is 1.64. The van der Waals surface area contributed by atoms with Gasteiger partial charge >= 0.3 is 0 Å². The van der Waals surface area contributed by atoms with Crippen LogP contribution in [-0.2, 0) is 0 Å². The van der Waals surface area contributed by atoms with Gasteiger partial charge in [0.1, 0.15) is 5.75 Å². The standard InChI is InChI=1S/C14H10BrF2NO2/c1-20-12-7-8(15)5-6-9(12)14(19)18-11-4-2-3-10(16)13(11)17/h2-7H,1H3,(H,18,19). The van der Waals surface area contributed by atoms with Crippen molar-refractivity contribution < 1.29 is 18.3 Å². The first-order chi connectivity index (χ1) is 9.52. The van der Waals surface area contributed by atoms with Crippen molar-refractivity contribution in [1.29, 1.82) is 0 Å². The Hall–Kier alpha value is -1.95. The maximum Gasteiger partial charge on any atom is 0.259 e. The van der Waals surface area contributed by atoms with Gasteiger partial charge in [-0.1, -0.05) is 22.0 Å². The van der Waals surface area contributed by atoms with Crippen LogP contribution in [-0.4, -0.2) is 13.0 Å². The Morgan fingerprint density at radius 2 is 2.00 bits per heavy atom. The molecule has 0 spiro atoms. The highest BCUT2D eigenvalue weighted by molar-refractivity contribution is 9.10. The van der Waals surface area contributed by atoms with Crippen LogP contribution in [0.2, 0.25) is 0 Å². The number of amides is 1. The summed E-state index contributed by atoms with van der Waals surface area (Å²) in [4.78, 5) is 12.1. The van der Waals surface area contributed by atoms with Crippen LogP contribution in [0.1, 0.15) is 10.4 Å². The fourth-order valence-corrected chi connectivity index (χ4v) is 1.98. The third kappa shape index (κ3) is 2.96. The van der Waals surface area contributed by atoms with Crippen LogP contribution in [0.15, 0.2) is 40.9 Å². The zero-order valence-electron chi connectivity index (χ0n) is 10.4. The maximum atomic E-state index is 13.5. The Kier molecular flexibility index (Phi) is 4.34. The fraction of sp³-hybridized carbons (Fsp3) is 0.0714. The van der Waals surface area contributed by atoms with E-state index in [1.807, 2.05) is 0 Å². The number of ether oxygens (including phenoxy) is 1. The molecular formula is C14H10BrF2NO2. The Labute approximate surface area is 122 Å². The lowest BCUT2D eigenvalue weighted by Gasteiger charge is -2.10. The Morgan fingerprint density at radius 3 is 2.70 bits per heavy atom. The predicted octanol–water partition coefficient (Wildman–Crippen LogP) is 3.99. The van der Waals surface area contributed by atoms with Gasteiger partial charge in [-0.15, -0.1) is 0 Å². The zero-order chi connectivity index (χ0) is 14.7. The van der Waals surface area contributed by atoms with Crippen LogP contribution in [0.25, 0.3) is 0 Å². The van der Waals surface area contributed by atoms with E-state index in [4.69, 9.17) is 4.74 Å². The van der Waals surface area contributed by atoms with Crippen LogP contribution in [0, 0.1) is 11.6 Å². The van der Waals surface area contributed by atoms with Crippen molar-refractivity contribution in [2.45, 2.75) is 0 Å². The molecule has 6 heteroatoms. The van der Waals surface area contributed by atoms with Gasteiger partial charge in [0.15, 0.2) is 11.6 Å². The predicted molar refractivity (Wildman–Crippen MR) is 75.0 cm³/mol. The molecule has 3 nitrogen and oxygen atoms in total. The second kappa shape index (κ2) is 6.00. The second-order valence-electron chi connectivity index (χ2n) is 3.90. The smallest absolute Gasteiger partial charge is 0.259 e. The molecule has 0 saturated heterocycles. The molecule has 0 aliphatic rings. The summed E-state index contributed by atoms with van der Waals surface area (Å²) in [6, 6.07) is 8.35. The minimum Gasteiger partial charge on any atom is -0.496 e. The molecule has 104 valence electrons. The molecule has 0 bridgehead atoms. The quantitative estimate of drug-likeness (QED) is 0.916.